The number of nitrogens with two attached hydrogens (primary N) is 1. The highest BCUT2D eigenvalue weighted by atomic mass is 32.1. The number of fused-ring (bicyclic) bond motifs is 1. The Morgan fingerprint density at radius 1 is 1.14 bits per heavy atom. The lowest BCUT2D eigenvalue weighted by atomic mass is 10.1. The predicted octanol–water partition coefficient (Wildman–Crippen LogP) is 4.89. The Hall–Kier alpha value is -1.81. The first kappa shape index (κ1) is 15.1. The number of rotatable bonds is 4. The number of aryl methyl sites for hydroxylation is 2. The topological polar surface area (TPSA) is 43.3 Å². The summed E-state index contributed by atoms with van der Waals surface area (Å²) in [5, 5.41) is 0. The quantitative estimate of drug-likeness (QED) is 0.745. The maximum Gasteiger partial charge on any atom is 0.196 e. The molecule has 0 atom stereocenters. The van der Waals surface area contributed by atoms with Crippen molar-refractivity contribution in [3.63, 3.8) is 0 Å². The van der Waals surface area contributed by atoms with E-state index in [0.717, 1.165) is 29.3 Å². The van der Waals surface area contributed by atoms with Crippen LogP contribution in [0.25, 0.3) is 16.2 Å². The molecule has 0 aliphatic carbocycles. The minimum absolute atomic E-state index is 0.340. The van der Waals surface area contributed by atoms with Crippen LogP contribution in [0, 0.1) is 0 Å². The lowest BCUT2D eigenvalue weighted by molar-refractivity contribution is 0.838. The van der Waals surface area contributed by atoms with Crippen LogP contribution in [0.4, 0.5) is 5.82 Å². The van der Waals surface area contributed by atoms with Crippen molar-refractivity contribution in [3.8, 4) is 11.3 Å². The summed E-state index contributed by atoms with van der Waals surface area (Å²) >= 11 is 1.75. The number of thiazole rings is 1. The summed E-state index contributed by atoms with van der Waals surface area (Å²) in [4.78, 5) is 7.11. The van der Waals surface area contributed by atoms with Crippen LogP contribution >= 0.6 is 11.3 Å². The predicted molar refractivity (Wildman–Crippen MR) is 95.8 cm³/mol. The summed E-state index contributed by atoms with van der Waals surface area (Å²) in [6.45, 7) is 8.64. The smallest absolute Gasteiger partial charge is 0.196 e. The number of hydrogen-bond donors (Lipinski definition) is 1. The summed E-state index contributed by atoms with van der Waals surface area (Å²) in [5.74, 6) is 1.13. The fourth-order valence-electron chi connectivity index (χ4n) is 2.85. The molecule has 2 aromatic heterocycles. The number of hydrogen-bond acceptors (Lipinski definition) is 3. The normalized spacial score (nSPS) is 11.7. The third-order valence-electron chi connectivity index (χ3n) is 4.12. The molecule has 2 N–H and O–H groups in total. The summed E-state index contributed by atoms with van der Waals surface area (Å²) < 4.78 is 2.14. The molecule has 0 bridgehead atoms. The number of nitrogens with zero attached hydrogens (tertiary/aromatic N) is 2. The van der Waals surface area contributed by atoms with Crippen LogP contribution in [-0.4, -0.2) is 9.38 Å². The molecule has 3 aromatic rings. The SMILES string of the molecule is CCc1ccc(-c2c(CC)sc3nc(C(C)C)c(N)n23)cc1. The third kappa shape index (κ3) is 2.31. The third-order valence-corrected chi connectivity index (χ3v) is 5.30. The van der Waals surface area contributed by atoms with Gasteiger partial charge in [-0.25, -0.2) is 4.98 Å². The zero-order valence-corrected chi connectivity index (χ0v) is 14.5. The van der Waals surface area contributed by atoms with Crippen molar-refractivity contribution in [1.82, 2.24) is 9.38 Å². The van der Waals surface area contributed by atoms with Gasteiger partial charge in [0.15, 0.2) is 4.96 Å². The van der Waals surface area contributed by atoms with Gasteiger partial charge in [-0.15, -0.1) is 11.3 Å². The molecule has 22 heavy (non-hydrogen) atoms. The van der Waals surface area contributed by atoms with Gasteiger partial charge in [-0.05, 0) is 29.9 Å². The number of imidazole rings is 1. The zero-order chi connectivity index (χ0) is 15.9. The highest BCUT2D eigenvalue weighted by Gasteiger charge is 2.20. The van der Waals surface area contributed by atoms with Gasteiger partial charge in [0.2, 0.25) is 0 Å². The van der Waals surface area contributed by atoms with Crippen molar-refractivity contribution in [3.05, 3.63) is 40.4 Å². The molecular weight excluding hydrogens is 290 g/mol. The van der Waals surface area contributed by atoms with Crippen LogP contribution in [0.2, 0.25) is 0 Å². The first-order chi connectivity index (χ1) is 10.6. The number of benzene rings is 1. The molecule has 0 radical (unpaired) electrons. The molecule has 116 valence electrons. The van der Waals surface area contributed by atoms with E-state index in [9.17, 15) is 0 Å². The molecule has 2 heterocycles. The maximum atomic E-state index is 6.41. The molecular formula is C18H23N3S. The van der Waals surface area contributed by atoms with E-state index >= 15 is 0 Å². The van der Waals surface area contributed by atoms with Gasteiger partial charge < -0.3 is 5.73 Å². The van der Waals surface area contributed by atoms with Gasteiger partial charge in [0.25, 0.3) is 0 Å². The monoisotopic (exact) mass is 313 g/mol. The molecule has 3 nitrogen and oxygen atoms in total. The second-order valence-electron chi connectivity index (χ2n) is 5.93. The first-order valence-electron chi connectivity index (χ1n) is 7.95. The molecule has 4 heteroatoms. The Morgan fingerprint density at radius 2 is 1.82 bits per heavy atom. The standard InChI is InChI=1S/C18H23N3S/c1-5-12-7-9-13(10-8-12)16-14(6-2)22-18-20-15(11(3)4)17(19)21(16)18/h7-11H,5-6,19H2,1-4H3. The molecule has 0 saturated carbocycles. The Morgan fingerprint density at radius 3 is 2.36 bits per heavy atom. The molecule has 0 amide bonds. The summed E-state index contributed by atoms with van der Waals surface area (Å²) in [6.07, 6.45) is 2.06. The van der Waals surface area contributed by atoms with Crippen LogP contribution in [0.1, 0.15) is 49.7 Å². The summed E-state index contributed by atoms with van der Waals surface area (Å²) in [6, 6.07) is 8.81. The molecule has 1 aromatic carbocycles. The van der Waals surface area contributed by atoms with E-state index < -0.39 is 0 Å². The van der Waals surface area contributed by atoms with E-state index in [0.29, 0.717) is 5.92 Å². The average Bonchev–Trinajstić information content (AvgIpc) is 3.04. The highest BCUT2D eigenvalue weighted by molar-refractivity contribution is 7.17. The van der Waals surface area contributed by atoms with Gasteiger partial charge >= 0.3 is 0 Å². The molecule has 0 aliphatic rings. The van der Waals surface area contributed by atoms with Crippen LogP contribution < -0.4 is 5.73 Å². The highest BCUT2D eigenvalue weighted by Crippen LogP contribution is 2.37. The molecule has 0 spiro atoms. The van der Waals surface area contributed by atoms with Crippen molar-refractivity contribution in [2.75, 3.05) is 5.73 Å². The Balaban J connectivity index is 2.25. The van der Waals surface area contributed by atoms with Gasteiger partial charge in [0, 0.05) is 4.88 Å². The Kier molecular flexibility index (Phi) is 3.96. The van der Waals surface area contributed by atoms with E-state index in [-0.39, 0.29) is 0 Å². The van der Waals surface area contributed by atoms with Gasteiger partial charge in [0.05, 0.1) is 11.4 Å². The second-order valence-corrected chi connectivity index (χ2v) is 6.99. The Labute approximate surface area is 135 Å². The van der Waals surface area contributed by atoms with E-state index in [1.165, 1.54) is 21.7 Å². The minimum Gasteiger partial charge on any atom is -0.383 e. The molecule has 3 rings (SSSR count). The number of nitrogen functional groups attached to an aromatic ring is 1. The van der Waals surface area contributed by atoms with Crippen LogP contribution in [0.5, 0.6) is 0 Å². The number of aromatic nitrogens is 2. The largest absolute Gasteiger partial charge is 0.383 e. The van der Waals surface area contributed by atoms with Crippen molar-refractivity contribution in [2.24, 2.45) is 0 Å². The van der Waals surface area contributed by atoms with Crippen LogP contribution in [-0.2, 0) is 12.8 Å². The van der Waals surface area contributed by atoms with Crippen LogP contribution in [0.3, 0.4) is 0 Å². The van der Waals surface area contributed by atoms with E-state index in [4.69, 9.17) is 10.7 Å². The fraction of sp³-hybridized carbons (Fsp3) is 0.389. The second kappa shape index (κ2) is 5.76. The molecule has 0 aliphatic heterocycles. The lowest BCUT2D eigenvalue weighted by Gasteiger charge is -2.08. The number of anilines is 1. The van der Waals surface area contributed by atoms with Gasteiger partial charge in [-0.1, -0.05) is 52.0 Å². The van der Waals surface area contributed by atoms with Crippen molar-refractivity contribution in [1.29, 1.82) is 0 Å². The summed E-state index contributed by atoms with van der Waals surface area (Å²) in [7, 11) is 0. The fourth-order valence-corrected chi connectivity index (χ4v) is 3.94. The van der Waals surface area contributed by atoms with E-state index in [1.54, 1.807) is 11.3 Å². The van der Waals surface area contributed by atoms with E-state index in [2.05, 4.69) is 56.4 Å². The lowest BCUT2D eigenvalue weighted by Crippen LogP contribution is -2.00. The van der Waals surface area contributed by atoms with E-state index in [1.807, 2.05) is 0 Å². The zero-order valence-electron chi connectivity index (χ0n) is 13.7. The maximum absolute atomic E-state index is 6.41. The van der Waals surface area contributed by atoms with Crippen molar-refractivity contribution >= 4 is 22.1 Å². The first-order valence-corrected chi connectivity index (χ1v) is 8.77. The minimum atomic E-state index is 0.340. The molecule has 0 unspecified atom stereocenters. The van der Waals surface area contributed by atoms with Crippen molar-refractivity contribution in [2.45, 2.75) is 46.5 Å². The van der Waals surface area contributed by atoms with Crippen LogP contribution in [0.15, 0.2) is 24.3 Å². The van der Waals surface area contributed by atoms with Gasteiger partial charge in [-0.3, -0.25) is 4.40 Å². The summed E-state index contributed by atoms with van der Waals surface area (Å²) in [5.41, 5.74) is 11.2. The van der Waals surface area contributed by atoms with Gasteiger partial charge in [-0.2, -0.15) is 0 Å². The average molecular weight is 313 g/mol. The molecule has 0 fully saturated rings. The molecule has 0 saturated heterocycles. The van der Waals surface area contributed by atoms with Crippen molar-refractivity contribution < 1.29 is 0 Å². The van der Waals surface area contributed by atoms with Gasteiger partial charge in [0.1, 0.15) is 5.82 Å². The Bertz CT molecular complexity index is 794.